The summed E-state index contributed by atoms with van der Waals surface area (Å²) in [5, 5.41) is 9.73. The number of benzene rings is 2. The fourth-order valence-corrected chi connectivity index (χ4v) is 3.25. The number of aromatic nitrogens is 2. The van der Waals surface area contributed by atoms with E-state index < -0.39 is 18.1 Å². The van der Waals surface area contributed by atoms with E-state index in [9.17, 15) is 14.0 Å². The van der Waals surface area contributed by atoms with Crippen molar-refractivity contribution >= 4 is 28.6 Å². The summed E-state index contributed by atoms with van der Waals surface area (Å²) in [6, 6.07) is 12.9. The summed E-state index contributed by atoms with van der Waals surface area (Å²) in [5.74, 6) is -1.09. The molecule has 1 N–H and O–H groups in total. The van der Waals surface area contributed by atoms with Gasteiger partial charge in [0.15, 0.2) is 5.16 Å². The van der Waals surface area contributed by atoms with Crippen molar-refractivity contribution in [1.82, 2.24) is 9.55 Å². The van der Waals surface area contributed by atoms with Crippen molar-refractivity contribution in [3.63, 3.8) is 0 Å². The standard InChI is InChI=1S/C17H13FN2O3S/c18-12-5-3-4-11(8-12)10-24-17-19-14-7-2-1-6-13(14)16(23)20(17)9-15(21)22/h1-8H,9-10H2,(H,21,22). The lowest BCUT2D eigenvalue weighted by Gasteiger charge is -2.11. The molecule has 1 heterocycles. The third-order valence-electron chi connectivity index (χ3n) is 3.38. The quantitative estimate of drug-likeness (QED) is 0.569. The van der Waals surface area contributed by atoms with E-state index in [1.165, 1.54) is 23.9 Å². The Kier molecular flexibility index (Phi) is 4.61. The molecular weight excluding hydrogens is 331 g/mol. The average Bonchev–Trinajstić information content (AvgIpc) is 2.56. The summed E-state index contributed by atoms with van der Waals surface area (Å²) in [7, 11) is 0. The van der Waals surface area contributed by atoms with Gasteiger partial charge in [0.25, 0.3) is 5.56 Å². The molecule has 3 aromatic rings. The second-order valence-corrected chi connectivity index (χ2v) is 6.06. The molecule has 0 fully saturated rings. The SMILES string of the molecule is O=C(O)Cn1c(SCc2cccc(F)c2)nc2ccccc2c1=O. The van der Waals surface area contributed by atoms with E-state index in [1.807, 2.05) is 0 Å². The summed E-state index contributed by atoms with van der Waals surface area (Å²) in [6.07, 6.45) is 0. The summed E-state index contributed by atoms with van der Waals surface area (Å²) in [5.41, 5.74) is 0.833. The van der Waals surface area contributed by atoms with Gasteiger partial charge in [0, 0.05) is 5.75 Å². The molecule has 0 aliphatic rings. The Morgan fingerprint density at radius 1 is 1.21 bits per heavy atom. The highest BCUT2D eigenvalue weighted by Gasteiger charge is 2.14. The topological polar surface area (TPSA) is 72.2 Å². The van der Waals surface area contributed by atoms with E-state index in [2.05, 4.69) is 4.98 Å². The third-order valence-corrected chi connectivity index (χ3v) is 4.42. The van der Waals surface area contributed by atoms with E-state index in [0.29, 0.717) is 21.8 Å². The summed E-state index contributed by atoms with van der Waals surface area (Å²) in [4.78, 5) is 28.0. The maximum Gasteiger partial charge on any atom is 0.323 e. The predicted molar refractivity (Wildman–Crippen MR) is 89.6 cm³/mol. The van der Waals surface area contributed by atoms with E-state index in [-0.39, 0.29) is 5.82 Å². The number of thioether (sulfide) groups is 1. The van der Waals surface area contributed by atoms with Gasteiger partial charge in [0.2, 0.25) is 0 Å². The van der Waals surface area contributed by atoms with Gasteiger partial charge in [-0.2, -0.15) is 0 Å². The molecular formula is C17H13FN2O3S. The molecule has 0 saturated heterocycles. The monoisotopic (exact) mass is 344 g/mol. The van der Waals surface area contributed by atoms with Crippen molar-refractivity contribution in [2.45, 2.75) is 17.5 Å². The first-order chi connectivity index (χ1) is 11.5. The summed E-state index contributed by atoms with van der Waals surface area (Å²) in [6.45, 7) is -0.470. The van der Waals surface area contributed by atoms with Gasteiger partial charge >= 0.3 is 5.97 Å². The van der Waals surface area contributed by atoms with Gasteiger partial charge in [-0.3, -0.25) is 14.2 Å². The lowest BCUT2D eigenvalue weighted by molar-refractivity contribution is -0.137. The fourth-order valence-electron chi connectivity index (χ4n) is 2.31. The zero-order chi connectivity index (χ0) is 17.1. The summed E-state index contributed by atoms with van der Waals surface area (Å²) >= 11 is 1.20. The molecule has 122 valence electrons. The van der Waals surface area contributed by atoms with Crippen LogP contribution in [0.25, 0.3) is 10.9 Å². The Morgan fingerprint density at radius 3 is 2.75 bits per heavy atom. The third kappa shape index (κ3) is 3.46. The van der Waals surface area contributed by atoms with Crippen molar-refractivity contribution < 1.29 is 14.3 Å². The van der Waals surface area contributed by atoms with Crippen LogP contribution in [-0.2, 0) is 17.1 Å². The molecule has 7 heteroatoms. The van der Waals surface area contributed by atoms with Gasteiger partial charge in [-0.1, -0.05) is 36.0 Å². The van der Waals surface area contributed by atoms with Gasteiger partial charge in [0.1, 0.15) is 12.4 Å². The minimum absolute atomic E-state index is 0.297. The van der Waals surface area contributed by atoms with Crippen LogP contribution in [0.2, 0.25) is 0 Å². The van der Waals surface area contributed by atoms with Crippen LogP contribution >= 0.6 is 11.8 Å². The number of carboxylic acid groups (broad SMARTS) is 1. The largest absolute Gasteiger partial charge is 0.480 e. The van der Waals surface area contributed by atoms with Crippen LogP contribution in [0, 0.1) is 5.82 Å². The van der Waals surface area contributed by atoms with Gasteiger partial charge < -0.3 is 5.11 Å². The molecule has 0 aliphatic carbocycles. The van der Waals surface area contributed by atoms with Crippen LogP contribution in [0.1, 0.15) is 5.56 Å². The number of carboxylic acids is 1. The number of carbonyl (C=O) groups is 1. The van der Waals surface area contributed by atoms with Gasteiger partial charge in [-0.15, -0.1) is 0 Å². The zero-order valence-corrected chi connectivity index (χ0v) is 13.3. The Labute approximate surface area is 140 Å². The van der Waals surface area contributed by atoms with Crippen molar-refractivity contribution in [3.05, 3.63) is 70.3 Å². The van der Waals surface area contributed by atoms with Crippen molar-refractivity contribution in [2.75, 3.05) is 0 Å². The lowest BCUT2D eigenvalue weighted by Crippen LogP contribution is -2.26. The molecule has 0 amide bonds. The number of para-hydroxylation sites is 1. The molecule has 0 radical (unpaired) electrons. The Morgan fingerprint density at radius 2 is 2.00 bits per heavy atom. The Balaban J connectivity index is 2.01. The molecule has 0 bridgehead atoms. The first-order valence-corrected chi connectivity index (χ1v) is 8.12. The molecule has 24 heavy (non-hydrogen) atoms. The number of fused-ring (bicyclic) bond motifs is 1. The second kappa shape index (κ2) is 6.84. The zero-order valence-electron chi connectivity index (χ0n) is 12.5. The fraction of sp³-hybridized carbons (Fsp3) is 0.118. The first-order valence-electron chi connectivity index (χ1n) is 7.13. The molecule has 1 aromatic heterocycles. The van der Waals surface area contributed by atoms with Gasteiger partial charge in [-0.05, 0) is 29.8 Å². The van der Waals surface area contributed by atoms with E-state index in [4.69, 9.17) is 5.11 Å². The number of hydrogen-bond donors (Lipinski definition) is 1. The van der Waals surface area contributed by atoms with E-state index >= 15 is 0 Å². The maximum absolute atomic E-state index is 13.3. The van der Waals surface area contributed by atoms with E-state index in [0.717, 1.165) is 10.1 Å². The van der Waals surface area contributed by atoms with Crippen LogP contribution < -0.4 is 5.56 Å². The summed E-state index contributed by atoms with van der Waals surface area (Å²) < 4.78 is 14.4. The normalized spacial score (nSPS) is 10.9. The highest BCUT2D eigenvalue weighted by Crippen LogP contribution is 2.22. The highest BCUT2D eigenvalue weighted by molar-refractivity contribution is 7.98. The van der Waals surface area contributed by atoms with Crippen LogP contribution in [0.3, 0.4) is 0 Å². The number of hydrogen-bond acceptors (Lipinski definition) is 4. The van der Waals surface area contributed by atoms with Crippen molar-refractivity contribution in [2.24, 2.45) is 0 Å². The smallest absolute Gasteiger partial charge is 0.323 e. The van der Waals surface area contributed by atoms with Gasteiger partial charge in [-0.25, -0.2) is 9.37 Å². The maximum atomic E-state index is 13.3. The number of nitrogens with zero attached hydrogens (tertiary/aromatic N) is 2. The van der Waals surface area contributed by atoms with Crippen LogP contribution in [0.4, 0.5) is 4.39 Å². The number of rotatable bonds is 5. The lowest BCUT2D eigenvalue weighted by atomic mass is 10.2. The predicted octanol–water partition coefficient (Wildman–Crippen LogP) is 2.91. The molecule has 0 aliphatic heterocycles. The van der Waals surface area contributed by atoms with Crippen molar-refractivity contribution in [3.8, 4) is 0 Å². The molecule has 0 atom stereocenters. The average molecular weight is 344 g/mol. The van der Waals surface area contributed by atoms with Crippen molar-refractivity contribution in [1.29, 1.82) is 0 Å². The molecule has 0 spiro atoms. The minimum atomic E-state index is -1.12. The first kappa shape index (κ1) is 16.2. The highest BCUT2D eigenvalue weighted by atomic mass is 32.2. The molecule has 3 rings (SSSR count). The number of aliphatic carboxylic acids is 1. The van der Waals surface area contributed by atoms with E-state index in [1.54, 1.807) is 36.4 Å². The second-order valence-electron chi connectivity index (χ2n) is 5.12. The Hall–Kier alpha value is -2.67. The Bertz CT molecular complexity index is 971. The molecule has 2 aromatic carbocycles. The number of halogens is 1. The molecule has 5 nitrogen and oxygen atoms in total. The van der Waals surface area contributed by atoms with Crippen LogP contribution in [0.15, 0.2) is 58.5 Å². The molecule has 0 saturated carbocycles. The molecule has 0 unspecified atom stereocenters. The minimum Gasteiger partial charge on any atom is -0.480 e. The van der Waals surface area contributed by atoms with Gasteiger partial charge in [0.05, 0.1) is 10.9 Å². The van der Waals surface area contributed by atoms with Crippen LogP contribution in [0.5, 0.6) is 0 Å². The van der Waals surface area contributed by atoms with Crippen LogP contribution in [-0.4, -0.2) is 20.6 Å².